The molecule has 0 radical (unpaired) electrons. The topological polar surface area (TPSA) is 174 Å². The van der Waals surface area contributed by atoms with Crippen molar-refractivity contribution >= 4 is 63.1 Å². The molecule has 5 aliphatic rings. The van der Waals surface area contributed by atoms with Gasteiger partial charge in [-0.05, 0) is 123 Å². The van der Waals surface area contributed by atoms with E-state index in [1.165, 1.54) is 129 Å². The zero-order chi connectivity index (χ0) is 89.4. The number of quaternary nitrogens is 6. The second-order valence-electron chi connectivity index (χ2n) is 39.5. The first kappa shape index (κ1) is 99.9. The maximum atomic E-state index is 13.4. The van der Waals surface area contributed by atoms with Crippen molar-refractivity contribution in [1.82, 2.24) is 18.8 Å². The molecule has 0 spiro atoms. The minimum atomic E-state index is -0.773. The average molecular weight is 1660 g/mol. The third kappa shape index (κ3) is 26.4. The first-order valence-electron chi connectivity index (χ1n) is 45.7. The van der Waals surface area contributed by atoms with Crippen LogP contribution in [-0.4, -0.2) is 222 Å². The summed E-state index contributed by atoms with van der Waals surface area (Å²) in [4.78, 5) is 29.6. The lowest BCUT2D eigenvalue weighted by Crippen LogP contribution is -2.78. The Morgan fingerprint density at radius 1 is 0.504 bits per heavy atom. The van der Waals surface area contributed by atoms with Gasteiger partial charge < -0.3 is 51.7 Å². The maximum absolute atomic E-state index is 13.4. The van der Waals surface area contributed by atoms with E-state index in [1.54, 1.807) is 0 Å². The molecule has 1 fully saturated rings. The first-order valence-corrected chi connectivity index (χ1v) is 45.7. The number of aryl methyl sites for hydroxylation is 3. The second kappa shape index (κ2) is 44.4. The van der Waals surface area contributed by atoms with Crippen LogP contribution in [0.2, 0.25) is 0 Å². The molecule has 0 aromatic heterocycles. The molecule has 4 aliphatic heterocycles. The Bertz CT molecular complexity index is 4520. The van der Waals surface area contributed by atoms with Crippen LogP contribution in [0.1, 0.15) is 187 Å². The Morgan fingerprint density at radius 3 is 1.43 bits per heavy atom. The summed E-state index contributed by atoms with van der Waals surface area (Å²) in [6.07, 6.45) is 37.2. The summed E-state index contributed by atoms with van der Waals surface area (Å²) < 4.78 is 9.22. The van der Waals surface area contributed by atoms with E-state index in [1.807, 2.05) is 6.92 Å². The van der Waals surface area contributed by atoms with Gasteiger partial charge in [0.1, 0.15) is 35.7 Å². The monoisotopic (exact) mass is 1660 g/mol. The maximum Gasteiger partial charge on any atom is 0.309 e. The van der Waals surface area contributed by atoms with Crippen LogP contribution in [0.5, 0.6) is 0 Å². The van der Waals surface area contributed by atoms with Crippen molar-refractivity contribution in [2.24, 2.45) is 22.6 Å². The third-order valence-electron chi connectivity index (χ3n) is 26.4. The van der Waals surface area contributed by atoms with Gasteiger partial charge in [0.25, 0.3) is 0 Å². The van der Waals surface area contributed by atoms with Crippen LogP contribution in [0.15, 0.2) is 187 Å². The van der Waals surface area contributed by atoms with E-state index in [0.717, 1.165) is 144 Å². The number of aliphatic carboxylic acids is 1. The molecule has 10 N–H and O–H groups in total. The highest BCUT2D eigenvalue weighted by Gasteiger charge is 2.47. The fraction of sp³-hybridized carbons (Fsp3) is 0.538. The fourth-order valence-corrected chi connectivity index (χ4v) is 18.1. The molecule has 17 nitrogen and oxygen atoms in total. The standard InChI is InChI=1S/C51H80N7O.C30H36N2O2.C19H39N5.C4H8/c1-14-16-17-24-42-40-54(15-2)46(50(42,4)5)26-19-27-47-51(6,7)45-25-18-23-41(3)49(45)55(47)35-32-48(59)53-34-21-36-56(8,9)37-22-39-58(12,13)44-30-28-43(29-31-44)57(10,11)38-20-33-52;1-8-31-24(29(4,5)22-14-9-12-20(2)27(22)31)16-11-17-25-30(6,7)23-15-10-13-21(3)28(23)32(25)19-18-26(33)34;1-23(2,15-6-13-21)16-7-17-24(3,4)19-10-8-18(9-11-19)22-14-5-12-20;1-2-4-3-1/h14,16-19,23-31,40H,15,20-22,32-39,52H2,1-13H3;9-17H,8,18-19H2,1-7H3;8-11,22H,5-7,12-17,20-21H2,1-4H3;1-4H2/q+3;;+2;/p+3/b16-14-,24-17-;;;. The highest BCUT2D eigenvalue weighted by molar-refractivity contribution is 6.03. The van der Waals surface area contributed by atoms with Crippen LogP contribution in [0.25, 0.3) is 0 Å². The van der Waals surface area contributed by atoms with Gasteiger partial charge in [0, 0.05) is 176 Å². The van der Waals surface area contributed by atoms with E-state index in [9.17, 15) is 14.7 Å². The van der Waals surface area contributed by atoms with E-state index in [4.69, 9.17) is 17.2 Å². The number of amides is 1. The summed E-state index contributed by atoms with van der Waals surface area (Å²) in [5.41, 5.74) is 39.4. The van der Waals surface area contributed by atoms with Crippen molar-refractivity contribution in [3.8, 4) is 0 Å². The quantitative estimate of drug-likeness (QED) is 0.00741. The van der Waals surface area contributed by atoms with Gasteiger partial charge in [-0.3, -0.25) is 23.0 Å². The van der Waals surface area contributed by atoms with Gasteiger partial charge in [0.05, 0.1) is 134 Å². The summed E-state index contributed by atoms with van der Waals surface area (Å²) >= 11 is 0. The van der Waals surface area contributed by atoms with Gasteiger partial charge in [-0.15, -0.1) is 0 Å². The van der Waals surface area contributed by atoms with Crippen molar-refractivity contribution in [3.05, 3.63) is 220 Å². The van der Waals surface area contributed by atoms with E-state index in [-0.39, 0.29) is 34.0 Å². The molecule has 5 aromatic carbocycles. The molecule has 1 amide bonds. The van der Waals surface area contributed by atoms with E-state index in [2.05, 4.69) is 360 Å². The fourth-order valence-electron chi connectivity index (χ4n) is 18.1. The van der Waals surface area contributed by atoms with Crippen LogP contribution in [0.4, 0.5) is 39.8 Å². The number of para-hydroxylation sites is 3. The molecule has 0 unspecified atom stereocenters. The Kier molecular flexibility index (Phi) is 36.7. The summed E-state index contributed by atoms with van der Waals surface area (Å²) in [6.45, 7) is 46.0. The number of nitrogens with one attached hydrogen (secondary N) is 1. The normalized spacial score (nSPS) is 17.3. The Labute approximate surface area is 734 Å². The van der Waals surface area contributed by atoms with Crippen molar-refractivity contribution in [1.29, 1.82) is 0 Å². The number of benzene rings is 5. The number of likely N-dealkylation sites (N-methyl/N-ethyl adjacent to an activating group) is 1. The highest BCUT2D eigenvalue weighted by atomic mass is 16.4. The number of rotatable bonds is 39. The number of allylic oxidation sites excluding steroid dienone is 13. The summed E-state index contributed by atoms with van der Waals surface area (Å²) in [5.74, 6) is -0.659. The lowest BCUT2D eigenvalue weighted by atomic mass is 9.80. The van der Waals surface area contributed by atoms with Crippen LogP contribution >= 0.6 is 0 Å². The predicted molar refractivity (Wildman–Crippen MR) is 521 cm³/mol. The molecule has 0 saturated heterocycles. The molecule has 0 atom stereocenters. The van der Waals surface area contributed by atoms with E-state index >= 15 is 0 Å². The smallest absolute Gasteiger partial charge is 0.309 e. The zero-order valence-electron chi connectivity index (χ0n) is 80.1. The third-order valence-corrected chi connectivity index (χ3v) is 26.4. The molecule has 5 aromatic rings. The molecule has 662 valence electrons. The Hall–Kier alpha value is -8.20. The minimum absolute atomic E-state index is 0.0832. The number of hydrogen-bond donors (Lipinski definition) is 6. The van der Waals surface area contributed by atoms with Crippen LogP contribution in [0, 0.1) is 26.2 Å². The van der Waals surface area contributed by atoms with Crippen LogP contribution in [0.3, 0.4) is 0 Å². The molecule has 0 bridgehead atoms. The van der Waals surface area contributed by atoms with Gasteiger partial charge in [-0.1, -0.05) is 144 Å². The van der Waals surface area contributed by atoms with Crippen LogP contribution in [-0.2, 0) is 25.8 Å². The number of nitrogens with zero attached hydrogens (tertiary/aromatic N) is 9. The number of hydrogen-bond acceptors (Lipinski definition) is 7. The van der Waals surface area contributed by atoms with Gasteiger partial charge in [-0.25, -0.2) is 4.58 Å². The predicted octanol–water partition coefficient (Wildman–Crippen LogP) is 17.2. The number of carboxylic acid groups (broad SMARTS) is 1. The number of carbonyl (C=O) groups excluding carboxylic acids is 1. The number of nitrogens with two attached hydrogens (primary N) is 4. The number of carbonyl (C=O) groups is 2. The lowest BCUT2D eigenvalue weighted by molar-refractivity contribution is -0.890. The van der Waals surface area contributed by atoms with Gasteiger partial charge in [0.15, 0.2) is 24.2 Å². The van der Waals surface area contributed by atoms with Crippen molar-refractivity contribution in [2.45, 2.75) is 190 Å². The first-order chi connectivity index (χ1) is 57.0. The number of carboxylic acids is 1. The largest absolute Gasteiger partial charge is 0.481 e. The number of anilines is 2. The molecule has 17 heteroatoms. The molecular weight excluding hydrogens is 1490 g/mol. The molecule has 1 aliphatic carbocycles. The minimum Gasteiger partial charge on any atom is -0.481 e. The van der Waals surface area contributed by atoms with E-state index < -0.39 is 5.97 Å². The Balaban J connectivity index is 0.000000271. The molecule has 121 heavy (non-hydrogen) atoms. The average Bonchev–Trinajstić information content (AvgIpc) is 1.59. The lowest BCUT2D eigenvalue weighted by Gasteiger charge is -2.34. The van der Waals surface area contributed by atoms with Crippen molar-refractivity contribution < 1.29 is 38.1 Å². The van der Waals surface area contributed by atoms with Gasteiger partial charge in [0.2, 0.25) is 11.6 Å². The highest BCUT2D eigenvalue weighted by Crippen LogP contribution is 2.51. The van der Waals surface area contributed by atoms with Crippen molar-refractivity contribution in [2.75, 3.05) is 185 Å². The van der Waals surface area contributed by atoms with Gasteiger partial charge >= 0.3 is 5.97 Å². The van der Waals surface area contributed by atoms with E-state index in [0.29, 0.717) is 26.1 Å². The zero-order valence-corrected chi connectivity index (χ0v) is 80.1. The van der Waals surface area contributed by atoms with Gasteiger partial charge in [-0.2, -0.15) is 4.58 Å². The second-order valence-corrected chi connectivity index (χ2v) is 39.5. The summed E-state index contributed by atoms with van der Waals surface area (Å²) in [7, 11) is 23.0. The number of fused-ring (bicyclic) bond motifs is 3. The molecule has 4 heterocycles. The Morgan fingerprint density at radius 2 is 0.950 bits per heavy atom. The summed E-state index contributed by atoms with van der Waals surface area (Å²) in [5, 5.41) is 14.9. The molecule has 1 saturated carbocycles. The summed E-state index contributed by atoms with van der Waals surface area (Å²) in [6, 6.07) is 37.7. The molecule has 10 rings (SSSR count). The SMILES string of the molecule is C/C=C\C=C/C1=C[N+](CC)=C(/C=C/C=C2/N(CCC(=O)NCCC[N+](C)(C)CCC[N+](C)(C)c3ccc([N+](C)(C)CCCN)cc3)c3c(C)cccc3C2(C)C)C1(C)C.C1CCC1.CCN1/C(=C/C=C/C2=[N+](CCC(=O)O)c3c(C)cccc3C2(C)C)C(C)(C)c2cccc(C)c21.C[N+](C)(CCCN)CCC[N+](C)(C)c1ccc([NH2+]CCCN)cc1. The van der Waals surface area contributed by atoms with Crippen molar-refractivity contribution in [3.63, 3.8) is 0 Å². The molecular formula is C104H166N14O3+8. The van der Waals surface area contributed by atoms with Crippen LogP contribution < -0.4 is 51.1 Å².